The summed E-state index contributed by atoms with van der Waals surface area (Å²) in [6.07, 6.45) is 0.897. The molecule has 6 heteroatoms. The smallest absolute Gasteiger partial charge is 0.251 e. The number of carbonyl (C=O) groups is 1. The molecule has 0 saturated carbocycles. The van der Waals surface area contributed by atoms with Gasteiger partial charge in [-0.1, -0.05) is 29.8 Å². The monoisotopic (exact) mass is 460 g/mol. The van der Waals surface area contributed by atoms with E-state index in [0.29, 0.717) is 17.9 Å². The molecule has 1 atom stereocenters. The zero-order chi connectivity index (χ0) is 24.1. The molecule has 0 aromatic heterocycles. The molecule has 6 nitrogen and oxygen atoms in total. The van der Waals surface area contributed by atoms with Crippen LogP contribution in [-0.2, 0) is 13.0 Å². The lowest BCUT2D eigenvalue weighted by atomic mass is 9.91. The van der Waals surface area contributed by atoms with Crippen LogP contribution >= 0.6 is 0 Å². The number of hydrogen-bond acceptors (Lipinski definition) is 5. The fraction of sp³-hybridized carbons (Fsp3) is 0.321. The number of amides is 1. The Morgan fingerprint density at radius 3 is 2.26 bits per heavy atom. The van der Waals surface area contributed by atoms with Crippen molar-refractivity contribution in [1.29, 1.82) is 0 Å². The molecule has 0 bridgehead atoms. The first kappa shape index (κ1) is 23.6. The molecule has 0 unspecified atom stereocenters. The standard InChI is InChI=1S/C28H32N2O4/c1-19-5-9-21(10-6-19)28(31)29-17-25-24-16-27(34-4)26(33-3)15-22(24)13-14-30(25)18-20-7-11-23(32-2)12-8-20/h5-12,15-16,25H,13-14,17-18H2,1-4H3,(H,29,31)/t25-/m1/s1. The molecule has 1 aliphatic heterocycles. The second kappa shape index (κ2) is 10.6. The van der Waals surface area contributed by atoms with Crippen LogP contribution in [0.25, 0.3) is 0 Å². The van der Waals surface area contributed by atoms with Gasteiger partial charge in [0.25, 0.3) is 5.91 Å². The third-order valence-corrected chi connectivity index (χ3v) is 6.43. The third-order valence-electron chi connectivity index (χ3n) is 6.43. The molecule has 4 rings (SSSR count). The number of benzene rings is 3. The topological polar surface area (TPSA) is 60.0 Å². The Labute approximate surface area is 201 Å². The summed E-state index contributed by atoms with van der Waals surface area (Å²) in [6.45, 7) is 4.15. The Hall–Kier alpha value is -3.51. The van der Waals surface area contributed by atoms with Gasteiger partial charge in [-0.25, -0.2) is 0 Å². The van der Waals surface area contributed by atoms with E-state index in [1.54, 1.807) is 21.3 Å². The lowest BCUT2D eigenvalue weighted by molar-refractivity contribution is 0.0926. The van der Waals surface area contributed by atoms with Gasteiger partial charge < -0.3 is 19.5 Å². The maximum atomic E-state index is 12.9. The van der Waals surface area contributed by atoms with Gasteiger partial charge in [0.15, 0.2) is 11.5 Å². The maximum absolute atomic E-state index is 12.9. The summed E-state index contributed by atoms with van der Waals surface area (Å²) in [7, 11) is 4.98. The van der Waals surface area contributed by atoms with Gasteiger partial charge in [-0.05, 0) is 66.4 Å². The van der Waals surface area contributed by atoms with Crippen molar-refractivity contribution in [2.45, 2.75) is 25.9 Å². The normalized spacial score (nSPS) is 15.4. The second-order valence-corrected chi connectivity index (χ2v) is 8.57. The maximum Gasteiger partial charge on any atom is 0.251 e. The van der Waals surface area contributed by atoms with Crippen molar-refractivity contribution in [3.05, 3.63) is 88.5 Å². The minimum Gasteiger partial charge on any atom is -0.497 e. The number of rotatable bonds is 8. The highest BCUT2D eigenvalue weighted by Crippen LogP contribution is 2.38. The summed E-state index contributed by atoms with van der Waals surface area (Å²) in [5.74, 6) is 2.19. The second-order valence-electron chi connectivity index (χ2n) is 8.57. The Balaban J connectivity index is 1.61. The lowest BCUT2D eigenvalue weighted by Crippen LogP contribution is -2.41. The van der Waals surface area contributed by atoms with E-state index in [9.17, 15) is 4.79 Å². The molecule has 0 radical (unpaired) electrons. The van der Waals surface area contributed by atoms with E-state index < -0.39 is 0 Å². The molecule has 1 amide bonds. The van der Waals surface area contributed by atoms with Crippen molar-refractivity contribution in [3.63, 3.8) is 0 Å². The number of nitrogens with one attached hydrogen (secondary N) is 1. The molecule has 178 valence electrons. The average molecular weight is 461 g/mol. The summed E-state index contributed by atoms with van der Waals surface area (Å²) in [5, 5.41) is 3.16. The number of nitrogens with zero attached hydrogens (tertiary/aromatic N) is 1. The first-order valence-corrected chi connectivity index (χ1v) is 11.5. The molecule has 1 N–H and O–H groups in total. The minimum atomic E-state index is -0.0722. The summed E-state index contributed by atoms with van der Waals surface area (Å²) in [5.41, 5.74) is 5.36. The molecular weight excluding hydrogens is 428 g/mol. The fourth-order valence-corrected chi connectivity index (χ4v) is 4.47. The van der Waals surface area contributed by atoms with Crippen LogP contribution in [0.3, 0.4) is 0 Å². The molecule has 0 fully saturated rings. The predicted octanol–water partition coefficient (Wildman–Crippen LogP) is 4.55. The van der Waals surface area contributed by atoms with E-state index >= 15 is 0 Å². The molecule has 3 aromatic rings. The Morgan fingerprint density at radius 2 is 1.62 bits per heavy atom. The Kier molecular flexibility index (Phi) is 7.38. The van der Waals surface area contributed by atoms with Crippen LogP contribution in [0.1, 0.15) is 38.7 Å². The molecule has 34 heavy (non-hydrogen) atoms. The number of ether oxygens (including phenoxy) is 3. The molecule has 0 aliphatic carbocycles. The van der Waals surface area contributed by atoms with Crippen molar-refractivity contribution in [2.75, 3.05) is 34.4 Å². The quantitative estimate of drug-likeness (QED) is 0.534. The highest BCUT2D eigenvalue weighted by molar-refractivity contribution is 5.94. The van der Waals surface area contributed by atoms with Gasteiger partial charge in [-0.3, -0.25) is 9.69 Å². The van der Waals surface area contributed by atoms with Gasteiger partial charge in [0.1, 0.15) is 5.75 Å². The molecule has 0 spiro atoms. The van der Waals surface area contributed by atoms with Gasteiger partial charge in [-0.15, -0.1) is 0 Å². The summed E-state index contributed by atoms with van der Waals surface area (Å²) >= 11 is 0. The third kappa shape index (κ3) is 5.18. The van der Waals surface area contributed by atoms with E-state index in [1.165, 1.54) is 11.1 Å². The van der Waals surface area contributed by atoms with Crippen LogP contribution in [0.5, 0.6) is 17.2 Å². The largest absolute Gasteiger partial charge is 0.497 e. The van der Waals surface area contributed by atoms with Crippen LogP contribution in [0.4, 0.5) is 0 Å². The molecule has 3 aromatic carbocycles. The van der Waals surface area contributed by atoms with E-state index in [0.717, 1.165) is 42.1 Å². The van der Waals surface area contributed by atoms with Gasteiger partial charge in [0.05, 0.1) is 27.4 Å². The van der Waals surface area contributed by atoms with E-state index in [1.807, 2.05) is 43.3 Å². The van der Waals surface area contributed by atoms with Gasteiger partial charge in [-0.2, -0.15) is 0 Å². The summed E-state index contributed by atoms with van der Waals surface area (Å²) in [4.78, 5) is 15.3. The van der Waals surface area contributed by atoms with Crippen molar-refractivity contribution >= 4 is 5.91 Å². The van der Waals surface area contributed by atoms with Gasteiger partial charge >= 0.3 is 0 Å². The number of fused-ring (bicyclic) bond motifs is 1. The van der Waals surface area contributed by atoms with Crippen molar-refractivity contribution in [1.82, 2.24) is 10.2 Å². The zero-order valence-corrected chi connectivity index (χ0v) is 20.3. The van der Waals surface area contributed by atoms with E-state index in [2.05, 4.69) is 34.5 Å². The first-order chi connectivity index (χ1) is 16.5. The van der Waals surface area contributed by atoms with Crippen LogP contribution < -0.4 is 19.5 Å². The van der Waals surface area contributed by atoms with Crippen LogP contribution in [-0.4, -0.2) is 45.2 Å². The summed E-state index contributed by atoms with van der Waals surface area (Å²) < 4.78 is 16.4. The molecule has 1 heterocycles. The average Bonchev–Trinajstić information content (AvgIpc) is 2.87. The number of aryl methyl sites for hydroxylation is 1. The van der Waals surface area contributed by atoms with Crippen molar-refractivity contribution in [3.8, 4) is 17.2 Å². The van der Waals surface area contributed by atoms with Gasteiger partial charge in [0, 0.05) is 25.2 Å². The van der Waals surface area contributed by atoms with E-state index in [4.69, 9.17) is 14.2 Å². The number of carbonyl (C=O) groups excluding carboxylic acids is 1. The highest BCUT2D eigenvalue weighted by atomic mass is 16.5. The zero-order valence-electron chi connectivity index (χ0n) is 20.3. The van der Waals surface area contributed by atoms with Gasteiger partial charge in [0.2, 0.25) is 0 Å². The van der Waals surface area contributed by atoms with Crippen LogP contribution in [0.2, 0.25) is 0 Å². The van der Waals surface area contributed by atoms with Crippen molar-refractivity contribution in [2.24, 2.45) is 0 Å². The molecular formula is C28H32N2O4. The fourth-order valence-electron chi connectivity index (χ4n) is 4.47. The van der Waals surface area contributed by atoms with Crippen molar-refractivity contribution < 1.29 is 19.0 Å². The van der Waals surface area contributed by atoms with Crippen LogP contribution in [0, 0.1) is 6.92 Å². The lowest BCUT2D eigenvalue weighted by Gasteiger charge is -2.38. The number of methoxy groups -OCH3 is 3. The number of hydrogen-bond donors (Lipinski definition) is 1. The Morgan fingerprint density at radius 1 is 0.941 bits per heavy atom. The van der Waals surface area contributed by atoms with Crippen LogP contribution in [0.15, 0.2) is 60.7 Å². The van der Waals surface area contributed by atoms with E-state index in [-0.39, 0.29) is 11.9 Å². The molecule has 0 saturated heterocycles. The SMILES string of the molecule is COc1ccc(CN2CCc3cc(OC)c(OC)cc3[C@H]2CNC(=O)c2ccc(C)cc2)cc1. The highest BCUT2D eigenvalue weighted by Gasteiger charge is 2.29. The Bertz CT molecular complexity index is 1130. The summed E-state index contributed by atoms with van der Waals surface area (Å²) in [6, 6.07) is 19.9. The predicted molar refractivity (Wildman–Crippen MR) is 133 cm³/mol. The minimum absolute atomic E-state index is 0.0000520. The molecule has 1 aliphatic rings. The first-order valence-electron chi connectivity index (χ1n) is 11.5.